The minimum atomic E-state index is -3.52. The number of rotatable bonds is 9. The maximum absolute atomic E-state index is 11.9. The highest BCUT2D eigenvalue weighted by Gasteiger charge is 2.28. The van der Waals surface area contributed by atoms with E-state index < -0.39 is 10.0 Å². The van der Waals surface area contributed by atoms with Crippen LogP contribution in [0, 0.1) is 6.92 Å². The molecule has 0 saturated carbocycles. The van der Waals surface area contributed by atoms with Gasteiger partial charge in [-0.05, 0) is 72.6 Å². The summed E-state index contributed by atoms with van der Waals surface area (Å²) in [5.41, 5.74) is 2.41. The van der Waals surface area contributed by atoms with Crippen molar-refractivity contribution in [2.24, 2.45) is 0 Å². The molecule has 12 nitrogen and oxygen atoms in total. The van der Waals surface area contributed by atoms with Gasteiger partial charge in [0, 0.05) is 56.5 Å². The van der Waals surface area contributed by atoms with E-state index in [1.807, 2.05) is 13.0 Å². The van der Waals surface area contributed by atoms with Crippen molar-refractivity contribution in [2.45, 2.75) is 25.8 Å². The third-order valence-electron chi connectivity index (χ3n) is 7.68. The van der Waals surface area contributed by atoms with Crippen molar-refractivity contribution in [3.63, 3.8) is 0 Å². The van der Waals surface area contributed by atoms with Crippen LogP contribution in [0.15, 0.2) is 34.9 Å². The number of halogens is 2. The molecule has 2 aromatic heterocycles. The molecule has 2 aliphatic heterocycles. The first-order chi connectivity index (χ1) is 20.5. The number of sulfonamides is 1. The number of pyridine rings is 1. The Hall–Kier alpha value is -2.91. The maximum atomic E-state index is 11.9. The van der Waals surface area contributed by atoms with Gasteiger partial charge in [0.2, 0.25) is 21.9 Å². The van der Waals surface area contributed by atoms with Crippen LogP contribution in [0.1, 0.15) is 18.4 Å². The van der Waals surface area contributed by atoms with E-state index in [9.17, 15) is 8.42 Å². The quantitative estimate of drug-likeness (QED) is 0.289. The maximum Gasteiger partial charge on any atom is 0.239 e. The number of anilines is 6. The number of benzene rings is 1. The van der Waals surface area contributed by atoms with Crippen LogP contribution in [0.25, 0.3) is 0 Å². The molecule has 2 saturated heterocycles. The zero-order chi connectivity index (χ0) is 30.7. The highest BCUT2D eigenvalue weighted by molar-refractivity contribution is 9.10. The normalized spacial score (nSPS) is 17.1. The first kappa shape index (κ1) is 31.5. The highest BCUT2D eigenvalue weighted by Crippen LogP contribution is 2.35. The second kappa shape index (κ2) is 13.4. The summed E-state index contributed by atoms with van der Waals surface area (Å²) in [7, 11) is 0.271. The lowest BCUT2D eigenvalue weighted by atomic mass is 10.0. The van der Waals surface area contributed by atoms with Crippen LogP contribution in [0.2, 0.25) is 5.02 Å². The van der Waals surface area contributed by atoms with E-state index in [0.29, 0.717) is 50.2 Å². The van der Waals surface area contributed by atoms with E-state index in [1.165, 1.54) is 0 Å². The van der Waals surface area contributed by atoms with Crippen LogP contribution in [0.4, 0.5) is 34.6 Å². The molecule has 3 N–H and O–H groups in total. The Morgan fingerprint density at radius 3 is 2.40 bits per heavy atom. The molecule has 0 aliphatic carbocycles. The molecule has 0 radical (unpaired) electrons. The molecule has 0 unspecified atom stereocenters. The molecule has 0 amide bonds. The zero-order valence-corrected chi connectivity index (χ0v) is 27.9. The second-order valence-corrected chi connectivity index (χ2v) is 14.0. The van der Waals surface area contributed by atoms with Crippen molar-refractivity contribution in [2.75, 3.05) is 79.9 Å². The molecule has 1 aromatic carbocycles. The van der Waals surface area contributed by atoms with Crippen molar-refractivity contribution in [1.29, 1.82) is 0 Å². The van der Waals surface area contributed by atoms with Crippen LogP contribution in [-0.4, -0.2) is 98.9 Å². The van der Waals surface area contributed by atoms with Gasteiger partial charge >= 0.3 is 0 Å². The van der Waals surface area contributed by atoms with Crippen molar-refractivity contribution in [3.8, 4) is 5.88 Å². The number of ether oxygens (including phenoxy) is 1. The van der Waals surface area contributed by atoms with Crippen molar-refractivity contribution in [3.05, 3.63) is 45.5 Å². The van der Waals surface area contributed by atoms with E-state index >= 15 is 0 Å². The number of aromatic nitrogens is 3. The summed E-state index contributed by atoms with van der Waals surface area (Å²) in [6.45, 7) is 8.49. The number of methoxy groups -OCH3 is 1. The number of hydrogen-bond donors (Lipinski definition) is 3. The summed E-state index contributed by atoms with van der Waals surface area (Å²) in [6, 6.07) is 7.41. The molecule has 3 aromatic rings. The predicted octanol–water partition coefficient (Wildman–Crippen LogP) is 4.68. The SMILES string of the molecule is COc1nc(N2CCC(N3CCN(C)CC3)CC2)c(C)cc1Nc1ncc(Br)c(Nc2cc(Cl)ccc2NS(C)(=O)=O)n1. The lowest BCUT2D eigenvalue weighted by molar-refractivity contribution is 0.0981. The minimum absolute atomic E-state index is 0.297. The fraction of sp³-hybridized carbons (Fsp3) is 0.464. The van der Waals surface area contributed by atoms with Gasteiger partial charge < -0.3 is 25.2 Å². The molecule has 0 bridgehead atoms. The topological polar surface area (TPSA) is 128 Å². The smallest absolute Gasteiger partial charge is 0.239 e. The molecule has 232 valence electrons. The van der Waals surface area contributed by atoms with Gasteiger partial charge in [0.25, 0.3) is 0 Å². The molecule has 0 spiro atoms. The van der Waals surface area contributed by atoms with E-state index in [4.69, 9.17) is 21.3 Å². The van der Waals surface area contributed by atoms with Crippen LogP contribution < -0.4 is 25.0 Å². The molecule has 43 heavy (non-hydrogen) atoms. The molecule has 0 atom stereocenters. The van der Waals surface area contributed by atoms with E-state index in [2.05, 4.69) is 63.0 Å². The van der Waals surface area contributed by atoms with Gasteiger partial charge in [-0.3, -0.25) is 9.62 Å². The third-order valence-corrected chi connectivity index (χ3v) is 9.09. The second-order valence-electron chi connectivity index (χ2n) is 10.9. The van der Waals surface area contributed by atoms with Crippen LogP contribution in [0.5, 0.6) is 5.88 Å². The van der Waals surface area contributed by atoms with Gasteiger partial charge in [0.15, 0.2) is 0 Å². The van der Waals surface area contributed by atoms with Crippen molar-refractivity contribution >= 4 is 72.2 Å². The Kier molecular flexibility index (Phi) is 9.81. The molecule has 2 fully saturated rings. The average Bonchev–Trinajstić information content (AvgIpc) is 2.96. The number of hydrogen-bond acceptors (Lipinski definition) is 11. The number of aryl methyl sites for hydroxylation is 1. The summed E-state index contributed by atoms with van der Waals surface area (Å²) in [4.78, 5) is 21.3. The Balaban J connectivity index is 1.31. The summed E-state index contributed by atoms with van der Waals surface area (Å²) in [6.07, 6.45) is 4.91. The first-order valence-electron chi connectivity index (χ1n) is 14.1. The van der Waals surface area contributed by atoms with Crippen LogP contribution in [0.3, 0.4) is 0 Å². The number of nitrogens with one attached hydrogen (secondary N) is 3. The van der Waals surface area contributed by atoms with Crippen LogP contribution in [-0.2, 0) is 10.0 Å². The van der Waals surface area contributed by atoms with Crippen molar-refractivity contribution < 1.29 is 13.2 Å². The van der Waals surface area contributed by atoms with Crippen LogP contribution >= 0.6 is 27.5 Å². The van der Waals surface area contributed by atoms with Gasteiger partial charge in [-0.15, -0.1) is 0 Å². The Labute approximate surface area is 266 Å². The molecular formula is C28H37BrClN9O3S. The lowest BCUT2D eigenvalue weighted by Gasteiger charge is -2.42. The van der Waals surface area contributed by atoms with Crippen molar-refractivity contribution in [1.82, 2.24) is 24.8 Å². The summed E-state index contributed by atoms with van der Waals surface area (Å²) < 4.78 is 32.5. The fourth-order valence-corrected chi connectivity index (χ4v) is 6.49. The standard InChI is InChI=1S/C28H37BrClN9O3S/c1-18-15-24(27(42-3)35-26(18)39-9-7-20(8-10-39)38-13-11-37(2)12-14-38)33-28-31-17-21(29)25(34-28)32-23-16-19(30)5-6-22(23)36-43(4,40)41/h5-6,15-17,20,36H,7-14H2,1-4H3,(H2,31,32,33,34). The lowest BCUT2D eigenvalue weighted by Crippen LogP contribution is -2.52. The molecule has 4 heterocycles. The first-order valence-corrected chi connectivity index (χ1v) is 17.1. The van der Waals surface area contributed by atoms with Gasteiger partial charge in [-0.2, -0.15) is 9.97 Å². The summed E-state index contributed by atoms with van der Waals surface area (Å²) in [5.74, 6) is 2.06. The summed E-state index contributed by atoms with van der Waals surface area (Å²) in [5, 5.41) is 6.80. The monoisotopic (exact) mass is 693 g/mol. The van der Waals surface area contributed by atoms with E-state index in [1.54, 1.807) is 31.5 Å². The Morgan fingerprint density at radius 1 is 1.00 bits per heavy atom. The number of likely N-dealkylation sites (N-methyl/N-ethyl adjacent to an activating group) is 1. The zero-order valence-electron chi connectivity index (χ0n) is 24.7. The number of piperidine rings is 1. The largest absolute Gasteiger partial charge is 0.479 e. The molecule has 2 aliphatic rings. The number of piperazine rings is 1. The average molecular weight is 695 g/mol. The van der Waals surface area contributed by atoms with Gasteiger partial charge in [0.1, 0.15) is 17.3 Å². The molecule has 5 rings (SSSR count). The molecular weight excluding hydrogens is 658 g/mol. The summed E-state index contributed by atoms with van der Waals surface area (Å²) >= 11 is 9.66. The minimum Gasteiger partial charge on any atom is -0.479 e. The van der Waals surface area contributed by atoms with Gasteiger partial charge in [-0.1, -0.05) is 11.6 Å². The van der Waals surface area contributed by atoms with Gasteiger partial charge in [-0.25, -0.2) is 13.4 Å². The fourth-order valence-electron chi connectivity index (χ4n) is 5.45. The van der Waals surface area contributed by atoms with E-state index in [0.717, 1.165) is 69.7 Å². The number of nitrogens with zero attached hydrogens (tertiary/aromatic N) is 6. The third kappa shape index (κ3) is 7.98. The predicted molar refractivity (Wildman–Crippen MR) is 176 cm³/mol. The molecule has 15 heteroatoms. The van der Waals surface area contributed by atoms with E-state index in [-0.39, 0.29) is 0 Å². The Bertz CT molecular complexity index is 1560. The highest BCUT2D eigenvalue weighted by atomic mass is 79.9. The van der Waals surface area contributed by atoms with Gasteiger partial charge in [0.05, 0.1) is 29.2 Å². The Morgan fingerprint density at radius 2 is 1.72 bits per heavy atom.